The number of ether oxygens (including phenoxy) is 1. The fraction of sp³-hybridized carbons (Fsp3) is 0.600. The number of rotatable bonds is 6. The Labute approximate surface area is 88.9 Å². The second-order valence-corrected chi connectivity index (χ2v) is 3.22. The lowest BCUT2D eigenvalue weighted by atomic mass is 10.4. The molecule has 0 saturated carbocycles. The number of nitrogens with two attached hydrogens (primary N) is 1. The van der Waals surface area contributed by atoms with Crippen LogP contribution in [-0.2, 0) is 6.54 Å². The van der Waals surface area contributed by atoms with Crippen LogP contribution in [-0.4, -0.2) is 22.7 Å². The molecule has 0 aliphatic rings. The van der Waals surface area contributed by atoms with Crippen LogP contribution in [0.1, 0.15) is 19.8 Å². The number of hydrogen-bond donors (Lipinski definition) is 1. The molecule has 0 aromatic carbocycles. The third-order valence-corrected chi connectivity index (χ3v) is 1.93. The minimum Gasteiger partial charge on any atom is -0.474 e. The molecule has 5 nitrogen and oxygen atoms in total. The van der Waals surface area contributed by atoms with E-state index in [-0.39, 0.29) is 11.4 Å². The first-order valence-corrected chi connectivity index (χ1v) is 5.18. The van der Waals surface area contributed by atoms with Crippen molar-refractivity contribution in [3.8, 4) is 5.88 Å². The molecule has 0 spiro atoms. The smallest absolute Gasteiger partial charge is 0.313 e. The molecule has 0 atom stereocenters. The molecule has 84 valence electrons. The van der Waals surface area contributed by atoms with Gasteiger partial charge in [-0.05, 0) is 19.4 Å². The molecule has 0 bridgehead atoms. The van der Waals surface area contributed by atoms with Gasteiger partial charge in [0, 0.05) is 18.9 Å². The van der Waals surface area contributed by atoms with Gasteiger partial charge in [-0.2, -0.15) is 0 Å². The Hall–Kier alpha value is -1.36. The fourth-order valence-electron chi connectivity index (χ4n) is 1.20. The lowest BCUT2D eigenvalue weighted by Crippen LogP contribution is -2.23. The number of aromatic nitrogens is 2. The SMILES string of the molecule is CCCn1ccnc(OCCCN)c1=O. The van der Waals surface area contributed by atoms with Gasteiger partial charge in [-0.3, -0.25) is 4.79 Å². The molecule has 0 radical (unpaired) electrons. The molecule has 15 heavy (non-hydrogen) atoms. The zero-order chi connectivity index (χ0) is 11.1. The van der Waals surface area contributed by atoms with Gasteiger partial charge in [-0.15, -0.1) is 0 Å². The molecule has 1 heterocycles. The van der Waals surface area contributed by atoms with Crippen LogP contribution in [0.3, 0.4) is 0 Å². The highest BCUT2D eigenvalue weighted by Crippen LogP contribution is 1.97. The van der Waals surface area contributed by atoms with Crippen LogP contribution >= 0.6 is 0 Å². The van der Waals surface area contributed by atoms with Crippen molar-refractivity contribution in [2.45, 2.75) is 26.3 Å². The summed E-state index contributed by atoms with van der Waals surface area (Å²) in [6.45, 7) is 3.70. The average Bonchev–Trinajstić information content (AvgIpc) is 2.24. The maximum Gasteiger partial charge on any atom is 0.313 e. The highest BCUT2D eigenvalue weighted by atomic mass is 16.5. The van der Waals surface area contributed by atoms with E-state index in [4.69, 9.17) is 10.5 Å². The fourth-order valence-corrected chi connectivity index (χ4v) is 1.20. The summed E-state index contributed by atoms with van der Waals surface area (Å²) in [6.07, 6.45) is 4.88. The molecular formula is C10H17N3O2. The Bertz CT molecular complexity index is 349. The predicted molar refractivity (Wildman–Crippen MR) is 58.0 cm³/mol. The van der Waals surface area contributed by atoms with Gasteiger partial charge in [0.25, 0.3) is 5.88 Å². The molecular weight excluding hydrogens is 194 g/mol. The normalized spacial score (nSPS) is 10.3. The summed E-state index contributed by atoms with van der Waals surface area (Å²) in [7, 11) is 0. The van der Waals surface area contributed by atoms with Crippen molar-refractivity contribution >= 4 is 0 Å². The van der Waals surface area contributed by atoms with Gasteiger partial charge in [-0.25, -0.2) is 4.98 Å². The monoisotopic (exact) mass is 211 g/mol. The molecule has 1 rings (SSSR count). The molecule has 1 aromatic rings. The number of aryl methyl sites for hydroxylation is 1. The van der Waals surface area contributed by atoms with Gasteiger partial charge in [0.05, 0.1) is 6.61 Å². The second kappa shape index (κ2) is 6.19. The van der Waals surface area contributed by atoms with Gasteiger partial charge in [-0.1, -0.05) is 6.92 Å². The summed E-state index contributed by atoms with van der Waals surface area (Å²) in [4.78, 5) is 15.6. The van der Waals surface area contributed by atoms with Gasteiger partial charge in [0.15, 0.2) is 0 Å². The Morgan fingerprint density at radius 3 is 3.07 bits per heavy atom. The van der Waals surface area contributed by atoms with Crippen LogP contribution in [0.15, 0.2) is 17.2 Å². The van der Waals surface area contributed by atoms with Crippen LogP contribution in [0, 0.1) is 0 Å². The summed E-state index contributed by atoms with van der Waals surface area (Å²) in [5.74, 6) is 0.166. The van der Waals surface area contributed by atoms with Crippen LogP contribution in [0.2, 0.25) is 0 Å². The first-order chi connectivity index (χ1) is 7.29. The standard InChI is InChI=1S/C10H17N3O2/c1-2-6-13-7-5-12-9(10(13)14)15-8-3-4-11/h5,7H,2-4,6,8,11H2,1H3. The minimum absolute atomic E-state index is 0.166. The van der Waals surface area contributed by atoms with E-state index in [1.807, 2.05) is 6.92 Å². The molecule has 1 aromatic heterocycles. The van der Waals surface area contributed by atoms with Crippen molar-refractivity contribution < 1.29 is 4.74 Å². The van der Waals surface area contributed by atoms with Gasteiger partial charge < -0.3 is 15.0 Å². The Kier molecular flexibility index (Phi) is 4.83. The summed E-state index contributed by atoms with van der Waals surface area (Å²) < 4.78 is 6.84. The third kappa shape index (κ3) is 3.36. The van der Waals surface area contributed by atoms with Crippen LogP contribution < -0.4 is 16.0 Å². The topological polar surface area (TPSA) is 70.1 Å². The van der Waals surface area contributed by atoms with Gasteiger partial charge >= 0.3 is 5.56 Å². The summed E-state index contributed by atoms with van der Waals surface area (Å²) in [5, 5.41) is 0. The predicted octanol–water partition coefficient (Wildman–Crippen LogP) is 0.381. The molecule has 0 saturated heterocycles. The van der Waals surface area contributed by atoms with E-state index in [9.17, 15) is 4.79 Å². The highest BCUT2D eigenvalue weighted by molar-refractivity contribution is 5.04. The lowest BCUT2D eigenvalue weighted by molar-refractivity contribution is 0.293. The molecule has 0 unspecified atom stereocenters. The average molecular weight is 211 g/mol. The van der Waals surface area contributed by atoms with E-state index in [0.717, 1.165) is 12.8 Å². The van der Waals surface area contributed by atoms with E-state index in [2.05, 4.69) is 4.98 Å². The van der Waals surface area contributed by atoms with Gasteiger partial charge in [0.2, 0.25) is 0 Å². The van der Waals surface area contributed by atoms with E-state index >= 15 is 0 Å². The first kappa shape index (κ1) is 11.7. The summed E-state index contributed by atoms with van der Waals surface area (Å²) in [5.41, 5.74) is 5.15. The van der Waals surface area contributed by atoms with Crippen LogP contribution in [0.5, 0.6) is 5.88 Å². The molecule has 0 aliphatic heterocycles. The zero-order valence-electron chi connectivity index (χ0n) is 8.98. The van der Waals surface area contributed by atoms with E-state index < -0.39 is 0 Å². The van der Waals surface area contributed by atoms with E-state index in [1.165, 1.54) is 0 Å². The van der Waals surface area contributed by atoms with Crippen molar-refractivity contribution in [2.75, 3.05) is 13.2 Å². The van der Waals surface area contributed by atoms with Crippen molar-refractivity contribution in [1.82, 2.24) is 9.55 Å². The molecule has 2 N–H and O–H groups in total. The molecule has 0 fully saturated rings. The molecule has 5 heteroatoms. The quantitative estimate of drug-likeness (QED) is 0.691. The maximum atomic E-state index is 11.7. The first-order valence-electron chi connectivity index (χ1n) is 5.18. The zero-order valence-corrected chi connectivity index (χ0v) is 8.98. The summed E-state index contributed by atoms with van der Waals surface area (Å²) in [6, 6.07) is 0. The van der Waals surface area contributed by atoms with Crippen molar-refractivity contribution in [2.24, 2.45) is 5.73 Å². The van der Waals surface area contributed by atoms with Crippen molar-refractivity contribution in [3.05, 3.63) is 22.7 Å². The Morgan fingerprint density at radius 2 is 2.40 bits per heavy atom. The number of nitrogens with zero attached hydrogens (tertiary/aromatic N) is 2. The van der Waals surface area contributed by atoms with Crippen LogP contribution in [0.4, 0.5) is 0 Å². The number of hydrogen-bond acceptors (Lipinski definition) is 4. The van der Waals surface area contributed by atoms with Gasteiger partial charge in [0.1, 0.15) is 0 Å². The van der Waals surface area contributed by atoms with E-state index in [1.54, 1.807) is 17.0 Å². The molecule has 0 aliphatic carbocycles. The largest absolute Gasteiger partial charge is 0.474 e. The minimum atomic E-state index is -0.170. The highest BCUT2D eigenvalue weighted by Gasteiger charge is 2.04. The van der Waals surface area contributed by atoms with E-state index in [0.29, 0.717) is 19.7 Å². The van der Waals surface area contributed by atoms with Crippen LogP contribution in [0.25, 0.3) is 0 Å². The third-order valence-electron chi connectivity index (χ3n) is 1.93. The molecule has 0 amide bonds. The van der Waals surface area contributed by atoms with Crippen molar-refractivity contribution in [1.29, 1.82) is 0 Å². The van der Waals surface area contributed by atoms with Crippen molar-refractivity contribution in [3.63, 3.8) is 0 Å². The maximum absolute atomic E-state index is 11.7. The Balaban J connectivity index is 2.71. The second-order valence-electron chi connectivity index (χ2n) is 3.22. The Morgan fingerprint density at radius 1 is 1.60 bits per heavy atom. The summed E-state index contributed by atoms with van der Waals surface area (Å²) >= 11 is 0. The lowest BCUT2D eigenvalue weighted by Gasteiger charge is -2.06.